The molecule has 1 aromatic heterocycles. The molecule has 0 aliphatic heterocycles. The first-order valence-corrected chi connectivity index (χ1v) is 10.1. The van der Waals surface area contributed by atoms with Crippen LogP contribution >= 0.6 is 11.3 Å². The summed E-state index contributed by atoms with van der Waals surface area (Å²) in [6.45, 7) is 1.92. The Kier molecular flexibility index (Phi) is 6.20. The summed E-state index contributed by atoms with van der Waals surface area (Å²) in [7, 11) is 1.66. The lowest BCUT2D eigenvalue weighted by Gasteiger charge is -2.11. The number of hydrazone groups is 1. The number of methoxy groups -OCH3 is 2. The second-order valence-electron chi connectivity index (χ2n) is 5.49. The summed E-state index contributed by atoms with van der Waals surface area (Å²) in [5.41, 5.74) is 4.57. The summed E-state index contributed by atoms with van der Waals surface area (Å²) in [5.74, 6) is 1.16. The molecular weight excluding hydrogens is 382 g/mol. The van der Waals surface area contributed by atoms with Crippen LogP contribution in [0.4, 0.5) is 5.13 Å². The first-order valence-electron chi connectivity index (χ1n) is 8.06. The van der Waals surface area contributed by atoms with Gasteiger partial charge in [-0.15, -0.1) is 11.3 Å². The average molecular weight is 402 g/mol. The van der Waals surface area contributed by atoms with Gasteiger partial charge in [0.2, 0.25) is 5.13 Å². The zero-order chi connectivity index (χ0) is 19.2. The molecule has 3 aromatic rings. The Hall–Kier alpha value is -2.71. The first-order chi connectivity index (χ1) is 13.1. The van der Waals surface area contributed by atoms with Crippen molar-refractivity contribution in [3.8, 4) is 11.5 Å². The van der Waals surface area contributed by atoms with Crippen LogP contribution in [-0.2, 0) is 10.8 Å². The summed E-state index contributed by atoms with van der Waals surface area (Å²) in [5, 5.41) is 6.87. The number of anilines is 1. The Morgan fingerprint density at radius 3 is 2.67 bits per heavy atom. The fourth-order valence-electron chi connectivity index (χ4n) is 2.37. The monoisotopic (exact) mass is 401 g/mol. The van der Waals surface area contributed by atoms with E-state index in [4.69, 9.17) is 9.47 Å². The maximum absolute atomic E-state index is 13.2. The van der Waals surface area contributed by atoms with Gasteiger partial charge in [-0.3, -0.25) is 5.43 Å². The number of hydrogen-bond acceptors (Lipinski definition) is 7. The molecule has 0 fully saturated rings. The molecule has 27 heavy (non-hydrogen) atoms. The average Bonchev–Trinajstić information content (AvgIpc) is 3.12. The van der Waals surface area contributed by atoms with Gasteiger partial charge in [-0.05, 0) is 25.1 Å². The van der Waals surface area contributed by atoms with Crippen molar-refractivity contribution in [3.63, 3.8) is 0 Å². The maximum Gasteiger partial charge on any atom is 0.203 e. The molecule has 0 saturated heterocycles. The minimum absolute atomic E-state index is 0.539. The molecule has 1 unspecified atom stereocenters. The summed E-state index contributed by atoms with van der Waals surface area (Å²) in [4.78, 5) is 5.46. The van der Waals surface area contributed by atoms with E-state index < -0.39 is 10.8 Å². The second-order valence-corrected chi connectivity index (χ2v) is 7.76. The van der Waals surface area contributed by atoms with E-state index in [1.54, 1.807) is 38.6 Å². The van der Waals surface area contributed by atoms with E-state index in [0.717, 1.165) is 11.3 Å². The predicted molar refractivity (Wildman–Crippen MR) is 109 cm³/mol. The van der Waals surface area contributed by atoms with Gasteiger partial charge in [0.15, 0.2) is 0 Å². The van der Waals surface area contributed by atoms with Crippen LogP contribution in [0.1, 0.15) is 11.3 Å². The van der Waals surface area contributed by atoms with E-state index in [2.05, 4.69) is 15.5 Å². The van der Waals surface area contributed by atoms with Crippen molar-refractivity contribution in [2.24, 2.45) is 5.10 Å². The van der Waals surface area contributed by atoms with E-state index in [-0.39, 0.29) is 0 Å². The molecule has 0 spiro atoms. The third kappa shape index (κ3) is 4.53. The number of benzene rings is 2. The van der Waals surface area contributed by atoms with Crippen LogP contribution < -0.4 is 14.9 Å². The number of hydrogen-bond donors (Lipinski definition) is 1. The molecule has 1 atom stereocenters. The molecule has 140 valence electrons. The number of aromatic nitrogens is 1. The highest BCUT2D eigenvalue weighted by molar-refractivity contribution is 7.85. The predicted octanol–water partition coefficient (Wildman–Crippen LogP) is 4.08. The number of aryl methyl sites for hydroxylation is 1. The van der Waals surface area contributed by atoms with Crippen LogP contribution in [0.15, 0.2) is 62.7 Å². The summed E-state index contributed by atoms with van der Waals surface area (Å²) < 4.78 is 23.9. The van der Waals surface area contributed by atoms with Crippen molar-refractivity contribution in [2.45, 2.75) is 16.7 Å². The standard InChI is InChI=1S/C19H19N3O3S2/c1-13-12-26-19(21-13)22-20-11-14-6-4-5-7-17(14)27(23)18-10-15(24-2)8-9-16(18)25-3/h4-12H,1-3H3,(H,21,22). The summed E-state index contributed by atoms with van der Waals surface area (Å²) in [6, 6.07) is 12.6. The van der Waals surface area contributed by atoms with Gasteiger partial charge in [-0.25, -0.2) is 9.19 Å². The summed E-state index contributed by atoms with van der Waals surface area (Å²) >= 11 is 1.47. The Labute approximate surface area is 164 Å². The molecule has 0 radical (unpaired) electrons. The van der Waals surface area contributed by atoms with Crippen LogP contribution in [0.2, 0.25) is 0 Å². The molecule has 1 N–H and O–H groups in total. The first kappa shape index (κ1) is 19.1. The zero-order valence-corrected chi connectivity index (χ0v) is 16.8. The van der Waals surface area contributed by atoms with E-state index in [9.17, 15) is 4.21 Å². The van der Waals surface area contributed by atoms with Gasteiger partial charge in [-0.1, -0.05) is 18.2 Å². The van der Waals surface area contributed by atoms with E-state index >= 15 is 0 Å². The molecule has 0 saturated carbocycles. The lowest BCUT2D eigenvalue weighted by atomic mass is 10.2. The second kappa shape index (κ2) is 8.79. The molecule has 0 bridgehead atoms. The Morgan fingerprint density at radius 2 is 1.96 bits per heavy atom. The Morgan fingerprint density at radius 1 is 1.15 bits per heavy atom. The number of rotatable bonds is 7. The molecule has 0 aliphatic carbocycles. The highest BCUT2D eigenvalue weighted by Gasteiger charge is 2.16. The van der Waals surface area contributed by atoms with Crippen molar-refractivity contribution in [3.05, 3.63) is 59.1 Å². The molecule has 0 amide bonds. The quantitative estimate of drug-likeness (QED) is 0.477. The minimum atomic E-state index is -1.46. The van der Waals surface area contributed by atoms with Crippen molar-refractivity contribution >= 4 is 33.5 Å². The van der Waals surface area contributed by atoms with Gasteiger partial charge >= 0.3 is 0 Å². The van der Waals surface area contributed by atoms with Crippen molar-refractivity contribution < 1.29 is 13.7 Å². The number of nitrogens with zero attached hydrogens (tertiary/aromatic N) is 2. The molecular formula is C19H19N3O3S2. The third-order valence-corrected chi connectivity index (χ3v) is 6.03. The largest absolute Gasteiger partial charge is 0.497 e. The van der Waals surface area contributed by atoms with Gasteiger partial charge in [-0.2, -0.15) is 5.10 Å². The van der Waals surface area contributed by atoms with Crippen LogP contribution in [0.5, 0.6) is 11.5 Å². The minimum Gasteiger partial charge on any atom is -0.497 e. The van der Waals surface area contributed by atoms with Crippen molar-refractivity contribution in [2.75, 3.05) is 19.6 Å². The molecule has 6 nitrogen and oxygen atoms in total. The Bertz CT molecular complexity index is 986. The topological polar surface area (TPSA) is 72.8 Å². The highest BCUT2D eigenvalue weighted by atomic mass is 32.2. The normalized spacial score (nSPS) is 12.1. The fourth-order valence-corrected chi connectivity index (χ4v) is 4.33. The van der Waals surface area contributed by atoms with Gasteiger partial charge in [0.25, 0.3) is 0 Å². The zero-order valence-electron chi connectivity index (χ0n) is 15.1. The van der Waals surface area contributed by atoms with E-state index in [1.165, 1.54) is 11.3 Å². The van der Waals surface area contributed by atoms with Gasteiger partial charge < -0.3 is 9.47 Å². The molecule has 0 aliphatic rings. The van der Waals surface area contributed by atoms with Crippen LogP contribution in [0, 0.1) is 6.92 Å². The Balaban J connectivity index is 1.90. The molecule has 1 heterocycles. The molecule has 3 rings (SSSR count). The molecule has 8 heteroatoms. The third-order valence-electron chi connectivity index (χ3n) is 3.67. The van der Waals surface area contributed by atoms with Crippen molar-refractivity contribution in [1.82, 2.24) is 4.98 Å². The van der Waals surface area contributed by atoms with Crippen LogP contribution in [-0.4, -0.2) is 29.6 Å². The van der Waals surface area contributed by atoms with E-state index in [0.29, 0.717) is 26.4 Å². The SMILES string of the molecule is COc1ccc(OC)c(S(=O)c2ccccc2C=NNc2nc(C)cs2)c1. The van der Waals surface area contributed by atoms with Gasteiger partial charge in [0.05, 0.1) is 46.7 Å². The van der Waals surface area contributed by atoms with Crippen LogP contribution in [0.3, 0.4) is 0 Å². The number of ether oxygens (including phenoxy) is 2. The smallest absolute Gasteiger partial charge is 0.203 e. The van der Waals surface area contributed by atoms with Crippen molar-refractivity contribution in [1.29, 1.82) is 0 Å². The maximum atomic E-state index is 13.2. The van der Waals surface area contributed by atoms with Gasteiger partial charge in [0.1, 0.15) is 11.5 Å². The number of thiazole rings is 1. The van der Waals surface area contributed by atoms with Crippen LogP contribution in [0.25, 0.3) is 0 Å². The lowest BCUT2D eigenvalue weighted by molar-refractivity contribution is 0.393. The highest BCUT2D eigenvalue weighted by Crippen LogP contribution is 2.31. The number of nitrogens with one attached hydrogen (secondary N) is 1. The molecule has 2 aromatic carbocycles. The van der Waals surface area contributed by atoms with Gasteiger partial charge in [0, 0.05) is 17.0 Å². The lowest BCUT2D eigenvalue weighted by Crippen LogP contribution is -2.02. The summed E-state index contributed by atoms with van der Waals surface area (Å²) in [6.07, 6.45) is 1.64. The fraction of sp³-hybridized carbons (Fsp3) is 0.158. The van der Waals surface area contributed by atoms with E-state index in [1.807, 2.05) is 36.6 Å².